The van der Waals surface area contributed by atoms with Crippen LogP contribution in [0.4, 0.5) is 0 Å². The molecule has 0 radical (unpaired) electrons. The van der Waals surface area contributed by atoms with E-state index in [1.165, 1.54) is 16.7 Å². The average Bonchev–Trinajstić information content (AvgIpc) is 2.46. The number of rotatable bonds is 2. The monoisotopic (exact) mass is 331 g/mol. The molecule has 2 aromatic carbocycles. The predicted molar refractivity (Wildman–Crippen MR) is 84.7 cm³/mol. The third-order valence-corrected chi connectivity index (χ3v) is 4.63. The molecule has 0 aromatic heterocycles. The third-order valence-electron chi connectivity index (χ3n) is 3.94. The number of aliphatic hydroxyl groups is 1. The molecule has 2 unspecified atom stereocenters. The SMILES string of the molecule is Cc1ccc(C(O)C2NCCc3ccccc32)c(Br)c1. The first-order chi connectivity index (χ1) is 9.66. The molecule has 1 aliphatic heterocycles. The van der Waals surface area contributed by atoms with Crippen molar-refractivity contribution < 1.29 is 5.11 Å². The Hall–Kier alpha value is -1.16. The maximum atomic E-state index is 10.8. The normalized spacial score (nSPS) is 19.4. The molecule has 0 saturated heterocycles. The molecule has 2 atom stereocenters. The van der Waals surface area contributed by atoms with Crippen LogP contribution in [0.2, 0.25) is 0 Å². The van der Waals surface area contributed by atoms with Gasteiger partial charge in [0.05, 0.1) is 12.1 Å². The Balaban J connectivity index is 1.97. The van der Waals surface area contributed by atoms with E-state index in [0.29, 0.717) is 0 Å². The highest BCUT2D eigenvalue weighted by Gasteiger charge is 2.28. The van der Waals surface area contributed by atoms with Gasteiger partial charge < -0.3 is 10.4 Å². The zero-order valence-corrected chi connectivity index (χ0v) is 13.0. The van der Waals surface area contributed by atoms with E-state index >= 15 is 0 Å². The zero-order valence-electron chi connectivity index (χ0n) is 11.4. The van der Waals surface area contributed by atoms with Crippen LogP contribution >= 0.6 is 15.9 Å². The van der Waals surface area contributed by atoms with Crippen molar-refractivity contribution in [3.63, 3.8) is 0 Å². The minimum atomic E-state index is -0.550. The van der Waals surface area contributed by atoms with Crippen molar-refractivity contribution in [2.24, 2.45) is 0 Å². The second-order valence-corrected chi connectivity index (χ2v) is 6.20. The lowest BCUT2D eigenvalue weighted by Crippen LogP contribution is -2.34. The van der Waals surface area contributed by atoms with Gasteiger partial charge in [0.1, 0.15) is 0 Å². The highest BCUT2D eigenvalue weighted by Crippen LogP contribution is 2.36. The highest BCUT2D eigenvalue weighted by molar-refractivity contribution is 9.10. The smallest absolute Gasteiger partial charge is 0.0995 e. The van der Waals surface area contributed by atoms with E-state index < -0.39 is 6.10 Å². The number of fused-ring (bicyclic) bond motifs is 1. The lowest BCUT2D eigenvalue weighted by Gasteiger charge is -2.31. The van der Waals surface area contributed by atoms with Crippen LogP contribution in [0.25, 0.3) is 0 Å². The van der Waals surface area contributed by atoms with Crippen molar-refractivity contribution in [3.8, 4) is 0 Å². The summed E-state index contributed by atoms with van der Waals surface area (Å²) < 4.78 is 0.967. The Morgan fingerprint density at radius 1 is 1.25 bits per heavy atom. The number of benzene rings is 2. The molecule has 2 nitrogen and oxygen atoms in total. The first-order valence-electron chi connectivity index (χ1n) is 6.92. The van der Waals surface area contributed by atoms with Crippen LogP contribution in [0.3, 0.4) is 0 Å². The average molecular weight is 332 g/mol. The molecule has 1 heterocycles. The maximum Gasteiger partial charge on any atom is 0.0995 e. The second-order valence-electron chi connectivity index (χ2n) is 5.35. The lowest BCUT2D eigenvalue weighted by atomic mass is 9.88. The summed E-state index contributed by atoms with van der Waals surface area (Å²) >= 11 is 3.57. The van der Waals surface area contributed by atoms with E-state index in [1.54, 1.807) is 0 Å². The molecule has 20 heavy (non-hydrogen) atoms. The van der Waals surface area contributed by atoms with E-state index in [-0.39, 0.29) is 6.04 Å². The fourth-order valence-corrected chi connectivity index (χ4v) is 3.60. The van der Waals surface area contributed by atoms with Gasteiger partial charge in [0.2, 0.25) is 0 Å². The molecule has 3 rings (SSSR count). The van der Waals surface area contributed by atoms with Crippen LogP contribution in [-0.2, 0) is 6.42 Å². The zero-order chi connectivity index (χ0) is 14.1. The van der Waals surface area contributed by atoms with Crippen LogP contribution in [0.15, 0.2) is 46.9 Å². The summed E-state index contributed by atoms with van der Waals surface area (Å²) in [6.07, 6.45) is 0.473. The summed E-state index contributed by atoms with van der Waals surface area (Å²) in [6.45, 7) is 2.96. The summed E-state index contributed by atoms with van der Waals surface area (Å²) in [4.78, 5) is 0. The lowest BCUT2D eigenvalue weighted by molar-refractivity contribution is 0.125. The van der Waals surface area contributed by atoms with Crippen LogP contribution in [0, 0.1) is 6.92 Å². The fraction of sp³-hybridized carbons (Fsp3) is 0.294. The Kier molecular flexibility index (Phi) is 3.92. The van der Waals surface area contributed by atoms with E-state index in [1.807, 2.05) is 24.3 Å². The molecule has 0 spiro atoms. The van der Waals surface area contributed by atoms with E-state index in [0.717, 1.165) is 23.0 Å². The van der Waals surface area contributed by atoms with Gasteiger partial charge in [-0.3, -0.25) is 0 Å². The summed E-state index contributed by atoms with van der Waals surface area (Å²) in [5, 5.41) is 14.2. The Labute approximate surface area is 128 Å². The van der Waals surface area contributed by atoms with Crippen molar-refractivity contribution in [2.75, 3.05) is 6.54 Å². The molecule has 104 valence electrons. The van der Waals surface area contributed by atoms with Gasteiger partial charge in [0.15, 0.2) is 0 Å². The molecule has 2 aromatic rings. The van der Waals surface area contributed by atoms with Crippen molar-refractivity contribution in [1.82, 2.24) is 5.32 Å². The van der Waals surface area contributed by atoms with Crippen molar-refractivity contribution in [3.05, 3.63) is 69.2 Å². The summed E-state index contributed by atoms with van der Waals surface area (Å²) in [5.74, 6) is 0. The Bertz CT molecular complexity index is 626. The van der Waals surface area contributed by atoms with Gasteiger partial charge in [0, 0.05) is 4.47 Å². The fourth-order valence-electron chi connectivity index (χ4n) is 2.87. The van der Waals surface area contributed by atoms with Crippen molar-refractivity contribution in [1.29, 1.82) is 0 Å². The summed E-state index contributed by atoms with van der Waals surface area (Å²) in [7, 11) is 0. The number of halogens is 1. The number of hydrogen-bond acceptors (Lipinski definition) is 2. The van der Waals surface area contributed by atoms with E-state index in [2.05, 4.69) is 46.4 Å². The van der Waals surface area contributed by atoms with Crippen molar-refractivity contribution >= 4 is 15.9 Å². The Morgan fingerprint density at radius 3 is 2.85 bits per heavy atom. The standard InChI is InChI=1S/C17H18BrNO/c1-11-6-7-14(15(18)10-11)17(20)16-13-5-3-2-4-12(13)8-9-19-16/h2-7,10,16-17,19-20H,8-9H2,1H3. The molecule has 0 amide bonds. The highest BCUT2D eigenvalue weighted by atomic mass is 79.9. The van der Waals surface area contributed by atoms with Crippen LogP contribution in [0.5, 0.6) is 0 Å². The first kappa shape index (κ1) is 13.8. The minimum absolute atomic E-state index is 0.0426. The molecule has 3 heteroatoms. The number of aliphatic hydroxyl groups excluding tert-OH is 1. The molecular weight excluding hydrogens is 314 g/mol. The van der Waals surface area contributed by atoms with Crippen LogP contribution in [-0.4, -0.2) is 11.7 Å². The molecule has 1 aliphatic rings. The van der Waals surface area contributed by atoms with Gasteiger partial charge in [-0.15, -0.1) is 0 Å². The van der Waals surface area contributed by atoms with Gasteiger partial charge >= 0.3 is 0 Å². The molecule has 0 saturated carbocycles. The first-order valence-corrected chi connectivity index (χ1v) is 7.71. The number of nitrogens with one attached hydrogen (secondary N) is 1. The van der Waals surface area contributed by atoms with Gasteiger partial charge in [-0.25, -0.2) is 0 Å². The predicted octanol–water partition coefficient (Wildman–Crippen LogP) is 3.68. The van der Waals surface area contributed by atoms with Crippen LogP contribution in [0.1, 0.15) is 34.4 Å². The van der Waals surface area contributed by atoms with Gasteiger partial charge in [-0.05, 0) is 48.2 Å². The molecule has 0 bridgehead atoms. The second kappa shape index (κ2) is 5.68. The number of hydrogen-bond donors (Lipinski definition) is 2. The van der Waals surface area contributed by atoms with Gasteiger partial charge in [-0.2, -0.15) is 0 Å². The maximum absolute atomic E-state index is 10.8. The van der Waals surface area contributed by atoms with E-state index in [9.17, 15) is 5.11 Å². The van der Waals surface area contributed by atoms with Crippen LogP contribution < -0.4 is 5.32 Å². The largest absolute Gasteiger partial charge is 0.386 e. The third kappa shape index (κ3) is 2.53. The summed E-state index contributed by atoms with van der Waals surface area (Å²) in [5.41, 5.74) is 4.66. The van der Waals surface area contributed by atoms with E-state index in [4.69, 9.17) is 0 Å². The molecule has 2 N–H and O–H groups in total. The quantitative estimate of drug-likeness (QED) is 0.879. The molecule has 0 aliphatic carbocycles. The summed E-state index contributed by atoms with van der Waals surface area (Å²) in [6, 6.07) is 14.4. The van der Waals surface area contributed by atoms with Gasteiger partial charge in [-0.1, -0.05) is 52.3 Å². The molecule has 0 fully saturated rings. The Morgan fingerprint density at radius 2 is 2.05 bits per heavy atom. The topological polar surface area (TPSA) is 32.3 Å². The van der Waals surface area contributed by atoms with Crippen molar-refractivity contribution in [2.45, 2.75) is 25.5 Å². The molecular formula is C17H18BrNO. The van der Waals surface area contributed by atoms with Gasteiger partial charge in [0.25, 0.3) is 0 Å². The number of aryl methyl sites for hydroxylation is 1. The minimum Gasteiger partial charge on any atom is -0.386 e.